The van der Waals surface area contributed by atoms with E-state index in [9.17, 15) is 0 Å². The number of nitrogen functional groups attached to an aromatic ring is 1. The molecule has 0 fully saturated rings. The number of nitrogens with two attached hydrogens (primary N) is 1. The van der Waals surface area contributed by atoms with Crippen molar-refractivity contribution in [2.45, 2.75) is 0 Å². The average molecular weight is 368 g/mol. The number of hydrogen-bond acceptors (Lipinski definition) is 3. The summed E-state index contributed by atoms with van der Waals surface area (Å²) >= 11 is 21.1. The number of anilines is 1. The fraction of sp³-hybridized carbons (Fsp3) is 0. The highest BCUT2D eigenvalue weighted by atomic mass is 79.9. The molecule has 2 N–H and O–H groups in total. The molecule has 0 aliphatic carbocycles. The third-order valence-corrected chi connectivity index (χ3v) is 3.40. The Morgan fingerprint density at radius 2 is 1.78 bits per heavy atom. The third kappa shape index (κ3) is 3.01. The first-order chi connectivity index (χ1) is 8.47. The molecule has 0 unspecified atom stereocenters. The summed E-state index contributed by atoms with van der Waals surface area (Å²) in [7, 11) is 0. The van der Waals surface area contributed by atoms with Crippen LogP contribution in [-0.2, 0) is 0 Å². The van der Waals surface area contributed by atoms with Gasteiger partial charge in [-0.1, -0.05) is 50.7 Å². The van der Waals surface area contributed by atoms with Crippen molar-refractivity contribution in [3.63, 3.8) is 0 Å². The number of halogens is 4. The molecule has 1 aromatic heterocycles. The molecule has 2 rings (SSSR count). The Morgan fingerprint density at radius 1 is 1.06 bits per heavy atom. The third-order valence-electron chi connectivity index (χ3n) is 2.02. The maximum Gasteiger partial charge on any atom is 0.240 e. The average Bonchev–Trinajstić information content (AvgIpc) is 2.30. The van der Waals surface area contributed by atoms with E-state index in [2.05, 4.69) is 20.9 Å². The zero-order valence-electron chi connectivity index (χ0n) is 8.75. The second-order valence-electron chi connectivity index (χ2n) is 3.32. The van der Waals surface area contributed by atoms with Crippen molar-refractivity contribution in [1.29, 1.82) is 0 Å². The number of nitrogens with zero attached hydrogens (tertiary/aromatic N) is 1. The molecular weight excluding hydrogens is 362 g/mol. The van der Waals surface area contributed by atoms with Gasteiger partial charge in [0.25, 0.3) is 0 Å². The van der Waals surface area contributed by atoms with Crippen LogP contribution in [0.1, 0.15) is 0 Å². The van der Waals surface area contributed by atoms with Crippen LogP contribution in [0.5, 0.6) is 11.6 Å². The molecule has 0 radical (unpaired) electrons. The van der Waals surface area contributed by atoms with Crippen LogP contribution in [-0.4, -0.2) is 4.98 Å². The number of rotatable bonds is 2. The van der Waals surface area contributed by atoms with E-state index >= 15 is 0 Å². The van der Waals surface area contributed by atoms with Gasteiger partial charge in [-0.2, -0.15) is 4.98 Å². The lowest BCUT2D eigenvalue weighted by atomic mass is 10.3. The summed E-state index contributed by atoms with van der Waals surface area (Å²) in [6.07, 6.45) is 0. The Kier molecular flexibility index (Phi) is 4.22. The highest BCUT2D eigenvalue weighted by molar-refractivity contribution is 9.10. The molecule has 0 aliphatic heterocycles. The number of hydrogen-bond donors (Lipinski definition) is 1. The Hall–Kier alpha value is -0.680. The van der Waals surface area contributed by atoms with Crippen LogP contribution in [0.3, 0.4) is 0 Å². The molecule has 7 heteroatoms. The first-order valence-corrected chi connectivity index (χ1v) is 6.64. The molecule has 1 aromatic carbocycles. The van der Waals surface area contributed by atoms with Crippen molar-refractivity contribution in [1.82, 2.24) is 4.98 Å². The molecule has 0 spiro atoms. The fourth-order valence-electron chi connectivity index (χ4n) is 1.19. The van der Waals surface area contributed by atoms with E-state index < -0.39 is 0 Å². The summed E-state index contributed by atoms with van der Waals surface area (Å²) in [5, 5.41) is 0.961. The predicted octanol–water partition coefficient (Wildman–Crippen LogP) is 5.18. The molecular formula is C11H6BrCl3N2O. The number of ether oxygens (including phenoxy) is 1. The summed E-state index contributed by atoms with van der Waals surface area (Å²) in [4.78, 5) is 3.96. The Morgan fingerprint density at radius 3 is 2.50 bits per heavy atom. The van der Waals surface area contributed by atoms with Crippen molar-refractivity contribution in [2.24, 2.45) is 0 Å². The van der Waals surface area contributed by atoms with E-state index in [0.29, 0.717) is 10.8 Å². The molecule has 0 amide bonds. The van der Waals surface area contributed by atoms with Gasteiger partial charge < -0.3 is 10.5 Å². The standard InChI is InChI=1S/C11H6BrCl3N2O/c12-5-1-2-6(13)9(3-5)18-11-8(15)4-7(14)10(16)17-11/h1-4H,(H2,16,17). The molecule has 0 saturated carbocycles. The Balaban J connectivity index is 2.40. The lowest BCUT2D eigenvalue weighted by Gasteiger charge is -2.09. The van der Waals surface area contributed by atoms with Gasteiger partial charge >= 0.3 is 0 Å². The zero-order valence-corrected chi connectivity index (χ0v) is 12.6. The minimum Gasteiger partial charge on any atom is -0.436 e. The van der Waals surface area contributed by atoms with E-state index in [0.717, 1.165) is 4.47 Å². The first kappa shape index (κ1) is 13.7. The number of benzene rings is 1. The molecule has 94 valence electrons. The highest BCUT2D eigenvalue weighted by Gasteiger charge is 2.11. The van der Waals surface area contributed by atoms with Crippen LogP contribution in [0.4, 0.5) is 5.82 Å². The van der Waals surface area contributed by atoms with Crippen LogP contribution in [0.25, 0.3) is 0 Å². The highest BCUT2D eigenvalue weighted by Crippen LogP contribution is 2.36. The lowest BCUT2D eigenvalue weighted by Crippen LogP contribution is -1.96. The summed E-state index contributed by atoms with van der Waals surface area (Å²) < 4.78 is 6.33. The second kappa shape index (κ2) is 5.53. The summed E-state index contributed by atoms with van der Waals surface area (Å²) in [5.74, 6) is 0.711. The van der Waals surface area contributed by atoms with Crippen molar-refractivity contribution in [3.05, 3.63) is 43.8 Å². The van der Waals surface area contributed by atoms with E-state index in [1.165, 1.54) is 6.07 Å². The topological polar surface area (TPSA) is 48.1 Å². The zero-order chi connectivity index (χ0) is 13.3. The quantitative estimate of drug-likeness (QED) is 0.795. The molecule has 18 heavy (non-hydrogen) atoms. The molecule has 3 nitrogen and oxygen atoms in total. The van der Waals surface area contributed by atoms with Gasteiger partial charge in [0.2, 0.25) is 5.88 Å². The van der Waals surface area contributed by atoms with E-state index in [1.807, 2.05) is 0 Å². The monoisotopic (exact) mass is 366 g/mol. The van der Waals surface area contributed by atoms with Gasteiger partial charge in [0.1, 0.15) is 16.6 Å². The van der Waals surface area contributed by atoms with E-state index in [1.54, 1.807) is 18.2 Å². The van der Waals surface area contributed by atoms with Crippen molar-refractivity contribution in [3.8, 4) is 11.6 Å². The van der Waals surface area contributed by atoms with Crippen LogP contribution in [0, 0.1) is 0 Å². The van der Waals surface area contributed by atoms with Crippen molar-refractivity contribution in [2.75, 3.05) is 5.73 Å². The predicted molar refractivity (Wildman–Crippen MR) is 77.9 cm³/mol. The SMILES string of the molecule is Nc1nc(Oc2cc(Br)ccc2Cl)c(Cl)cc1Cl. The number of aromatic nitrogens is 1. The van der Waals surface area contributed by atoms with Gasteiger partial charge in [-0.3, -0.25) is 0 Å². The Labute approximate surface area is 127 Å². The van der Waals surface area contributed by atoms with Crippen LogP contribution in [0.15, 0.2) is 28.7 Å². The number of pyridine rings is 1. The van der Waals surface area contributed by atoms with Gasteiger partial charge in [-0.05, 0) is 24.3 Å². The second-order valence-corrected chi connectivity index (χ2v) is 5.46. The molecule has 1 heterocycles. The largest absolute Gasteiger partial charge is 0.436 e. The van der Waals surface area contributed by atoms with Gasteiger partial charge in [0.15, 0.2) is 0 Å². The van der Waals surface area contributed by atoms with Gasteiger partial charge in [0.05, 0.1) is 10.0 Å². The van der Waals surface area contributed by atoms with Crippen molar-refractivity contribution < 1.29 is 4.74 Å². The normalized spacial score (nSPS) is 10.4. The van der Waals surface area contributed by atoms with E-state index in [4.69, 9.17) is 45.3 Å². The van der Waals surface area contributed by atoms with Crippen LogP contribution in [0.2, 0.25) is 15.1 Å². The molecule has 2 aromatic rings. The molecule has 0 aliphatic rings. The Bertz CT molecular complexity index is 607. The minimum atomic E-state index is 0.141. The minimum absolute atomic E-state index is 0.141. The molecule has 0 saturated heterocycles. The van der Waals surface area contributed by atoms with Gasteiger partial charge in [-0.15, -0.1) is 0 Å². The van der Waals surface area contributed by atoms with E-state index in [-0.39, 0.29) is 21.7 Å². The summed E-state index contributed by atoms with van der Waals surface area (Å²) in [5.41, 5.74) is 5.59. The van der Waals surface area contributed by atoms with Gasteiger partial charge in [-0.25, -0.2) is 0 Å². The lowest BCUT2D eigenvalue weighted by molar-refractivity contribution is 0.464. The fourth-order valence-corrected chi connectivity index (χ4v) is 2.09. The first-order valence-electron chi connectivity index (χ1n) is 4.72. The maximum atomic E-state index is 6.00. The summed E-state index contributed by atoms with van der Waals surface area (Å²) in [6.45, 7) is 0. The van der Waals surface area contributed by atoms with Crippen LogP contribution < -0.4 is 10.5 Å². The molecule has 0 atom stereocenters. The smallest absolute Gasteiger partial charge is 0.240 e. The maximum absolute atomic E-state index is 6.00. The summed E-state index contributed by atoms with van der Waals surface area (Å²) in [6, 6.07) is 6.65. The molecule has 0 bridgehead atoms. The van der Waals surface area contributed by atoms with Gasteiger partial charge in [0, 0.05) is 4.47 Å². The van der Waals surface area contributed by atoms with Crippen molar-refractivity contribution >= 4 is 56.6 Å². The van der Waals surface area contributed by atoms with Crippen LogP contribution >= 0.6 is 50.7 Å².